The van der Waals surface area contributed by atoms with E-state index in [4.69, 9.17) is 16.9 Å². The molecule has 0 bridgehead atoms. The first kappa shape index (κ1) is 20.4. The molecule has 4 aromatic rings. The number of fused-ring (bicyclic) bond motifs is 3. The number of benzene rings is 3. The molecule has 0 spiro atoms. The van der Waals surface area contributed by atoms with Gasteiger partial charge in [0, 0.05) is 35.3 Å². The third-order valence-corrected chi connectivity index (χ3v) is 5.60. The SMILES string of the molecule is N=C/C(=C\N)c1ccc2c(CCCN)cc3c(-c4ccccc4O)c[nH]c(=O)c3c2c1. The Labute approximate surface area is 179 Å². The summed E-state index contributed by atoms with van der Waals surface area (Å²) >= 11 is 0. The Balaban J connectivity index is 2.15. The summed E-state index contributed by atoms with van der Waals surface area (Å²) in [6.45, 7) is 0.563. The number of aryl methyl sites for hydroxylation is 1. The summed E-state index contributed by atoms with van der Waals surface area (Å²) in [7, 11) is 0. The second kappa shape index (κ2) is 8.45. The van der Waals surface area contributed by atoms with Crippen LogP contribution in [0.4, 0.5) is 0 Å². The number of phenols is 1. The van der Waals surface area contributed by atoms with Gasteiger partial charge in [-0.25, -0.2) is 0 Å². The van der Waals surface area contributed by atoms with Crippen LogP contribution in [0.15, 0.2) is 65.7 Å². The van der Waals surface area contributed by atoms with Crippen LogP contribution in [0.25, 0.3) is 38.2 Å². The van der Waals surface area contributed by atoms with Gasteiger partial charge in [0.15, 0.2) is 0 Å². The van der Waals surface area contributed by atoms with Crippen LogP contribution >= 0.6 is 0 Å². The Bertz CT molecular complexity index is 1390. The van der Waals surface area contributed by atoms with Gasteiger partial charge in [-0.2, -0.15) is 0 Å². The van der Waals surface area contributed by atoms with Gasteiger partial charge in [0.2, 0.25) is 0 Å². The molecular weight excluding hydrogens is 388 g/mol. The molecule has 6 heteroatoms. The minimum Gasteiger partial charge on any atom is -0.507 e. The van der Waals surface area contributed by atoms with Crippen molar-refractivity contribution in [3.63, 3.8) is 0 Å². The highest BCUT2D eigenvalue weighted by atomic mass is 16.3. The van der Waals surface area contributed by atoms with Gasteiger partial charge in [-0.1, -0.05) is 30.3 Å². The van der Waals surface area contributed by atoms with Crippen molar-refractivity contribution in [1.82, 2.24) is 4.98 Å². The average Bonchev–Trinajstić information content (AvgIpc) is 2.79. The fraction of sp³-hybridized carbons (Fsp3) is 0.120. The molecule has 4 rings (SSSR count). The van der Waals surface area contributed by atoms with E-state index in [1.165, 1.54) is 12.4 Å². The first-order valence-corrected chi connectivity index (χ1v) is 10.1. The zero-order valence-electron chi connectivity index (χ0n) is 17.0. The summed E-state index contributed by atoms with van der Waals surface area (Å²) in [6, 6.07) is 14.9. The molecule has 1 aromatic heterocycles. The molecule has 0 fully saturated rings. The van der Waals surface area contributed by atoms with E-state index in [0.29, 0.717) is 23.1 Å². The van der Waals surface area contributed by atoms with E-state index in [0.717, 1.165) is 45.7 Å². The number of rotatable bonds is 6. The van der Waals surface area contributed by atoms with Crippen LogP contribution in [-0.2, 0) is 6.42 Å². The van der Waals surface area contributed by atoms with Gasteiger partial charge in [0.05, 0.1) is 5.39 Å². The van der Waals surface area contributed by atoms with Crippen molar-refractivity contribution in [3.8, 4) is 16.9 Å². The molecule has 0 saturated carbocycles. The molecular formula is C25H24N4O2. The maximum absolute atomic E-state index is 13.0. The third kappa shape index (κ3) is 3.58. The number of nitrogens with one attached hydrogen (secondary N) is 2. The van der Waals surface area contributed by atoms with E-state index < -0.39 is 0 Å². The van der Waals surface area contributed by atoms with Gasteiger partial charge >= 0.3 is 0 Å². The Kier molecular flexibility index (Phi) is 5.56. The number of aromatic nitrogens is 1. The molecule has 0 atom stereocenters. The predicted octanol–water partition coefficient (Wildman–Crippen LogP) is 3.89. The van der Waals surface area contributed by atoms with E-state index in [2.05, 4.69) is 4.98 Å². The lowest BCUT2D eigenvalue weighted by Crippen LogP contribution is -2.08. The van der Waals surface area contributed by atoms with Crippen LogP contribution < -0.4 is 17.0 Å². The number of H-pyrrole nitrogens is 1. The van der Waals surface area contributed by atoms with Crippen LogP contribution in [0.5, 0.6) is 5.75 Å². The first-order valence-electron chi connectivity index (χ1n) is 10.1. The first-order chi connectivity index (χ1) is 15.1. The minimum absolute atomic E-state index is 0.144. The number of hydrogen-bond donors (Lipinski definition) is 5. The number of pyridine rings is 1. The zero-order valence-corrected chi connectivity index (χ0v) is 17.0. The maximum Gasteiger partial charge on any atom is 0.256 e. The van der Waals surface area contributed by atoms with E-state index in [9.17, 15) is 9.90 Å². The summed E-state index contributed by atoms with van der Waals surface area (Å²) in [5.41, 5.74) is 15.0. The van der Waals surface area contributed by atoms with Crippen molar-refractivity contribution < 1.29 is 5.11 Å². The highest BCUT2D eigenvalue weighted by molar-refractivity contribution is 6.15. The van der Waals surface area contributed by atoms with Crippen LogP contribution in [0, 0.1) is 5.41 Å². The van der Waals surface area contributed by atoms with Gasteiger partial charge < -0.3 is 27.0 Å². The Morgan fingerprint density at radius 2 is 1.87 bits per heavy atom. The summed E-state index contributed by atoms with van der Waals surface area (Å²) in [4.78, 5) is 15.8. The largest absolute Gasteiger partial charge is 0.507 e. The molecule has 1 heterocycles. The van der Waals surface area contributed by atoms with Crippen LogP contribution in [0.3, 0.4) is 0 Å². The fourth-order valence-electron chi connectivity index (χ4n) is 4.08. The number of allylic oxidation sites excluding steroid dienone is 1. The number of hydrogen-bond acceptors (Lipinski definition) is 5. The molecule has 31 heavy (non-hydrogen) atoms. The highest BCUT2D eigenvalue weighted by Gasteiger charge is 2.16. The number of aromatic hydroxyl groups is 1. The Morgan fingerprint density at radius 3 is 2.58 bits per heavy atom. The molecule has 3 aromatic carbocycles. The normalized spacial score (nSPS) is 11.8. The zero-order chi connectivity index (χ0) is 22.0. The van der Waals surface area contributed by atoms with Crippen LogP contribution in [0.1, 0.15) is 17.5 Å². The second-order valence-electron chi connectivity index (χ2n) is 7.43. The minimum atomic E-state index is -0.213. The third-order valence-electron chi connectivity index (χ3n) is 5.60. The fourth-order valence-corrected chi connectivity index (χ4v) is 4.08. The van der Waals surface area contributed by atoms with Crippen LogP contribution in [0.2, 0.25) is 0 Å². The lowest BCUT2D eigenvalue weighted by molar-refractivity contribution is 0.477. The summed E-state index contributed by atoms with van der Waals surface area (Å²) in [5, 5.41) is 21.1. The van der Waals surface area contributed by atoms with Crippen molar-refractivity contribution >= 4 is 33.3 Å². The molecule has 0 aliphatic rings. The van der Waals surface area contributed by atoms with E-state index in [1.54, 1.807) is 18.3 Å². The molecule has 0 aliphatic carbocycles. The summed E-state index contributed by atoms with van der Waals surface area (Å²) < 4.78 is 0. The Morgan fingerprint density at radius 1 is 1.06 bits per heavy atom. The molecule has 0 amide bonds. The van der Waals surface area contributed by atoms with Crippen molar-refractivity contribution in [3.05, 3.63) is 82.4 Å². The number of phenolic OH excluding ortho intramolecular Hbond substituents is 1. The molecule has 156 valence electrons. The number of nitrogens with two attached hydrogens (primary N) is 2. The van der Waals surface area contributed by atoms with Crippen molar-refractivity contribution in [2.75, 3.05) is 6.54 Å². The topological polar surface area (TPSA) is 129 Å². The summed E-state index contributed by atoms with van der Waals surface area (Å²) in [5.74, 6) is 0.144. The van der Waals surface area contributed by atoms with E-state index >= 15 is 0 Å². The highest BCUT2D eigenvalue weighted by Crippen LogP contribution is 2.37. The molecule has 7 N–H and O–H groups in total. The smallest absolute Gasteiger partial charge is 0.256 e. The van der Waals surface area contributed by atoms with E-state index in [-0.39, 0.29) is 11.3 Å². The molecule has 0 unspecified atom stereocenters. The standard InChI is InChI=1S/C25H24N4O2/c26-9-3-4-16-11-21-22(19-5-1-2-6-23(19)30)14-29-25(31)24(21)20-10-15(7-8-18(16)20)17(12-27)13-28/h1-2,5-8,10-14,27,30H,3-4,9,26,28H2,(H,29,31)/b17-13+,27-12?. The monoisotopic (exact) mass is 412 g/mol. The van der Waals surface area contributed by atoms with Gasteiger partial charge in [0.1, 0.15) is 5.75 Å². The van der Waals surface area contributed by atoms with Crippen molar-refractivity contribution in [2.24, 2.45) is 11.5 Å². The van der Waals surface area contributed by atoms with Gasteiger partial charge in [-0.05, 0) is 64.9 Å². The average molecular weight is 412 g/mol. The lowest BCUT2D eigenvalue weighted by Gasteiger charge is -2.15. The van der Waals surface area contributed by atoms with E-state index in [1.807, 2.05) is 36.4 Å². The maximum atomic E-state index is 13.0. The summed E-state index contributed by atoms with van der Waals surface area (Å²) in [6.07, 6.45) is 5.79. The van der Waals surface area contributed by atoms with Crippen molar-refractivity contribution in [2.45, 2.75) is 12.8 Å². The molecule has 0 saturated heterocycles. The van der Waals surface area contributed by atoms with Crippen molar-refractivity contribution in [1.29, 1.82) is 5.41 Å². The van der Waals surface area contributed by atoms with Gasteiger partial charge in [-0.3, -0.25) is 4.79 Å². The molecule has 6 nitrogen and oxygen atoms in total. The molecule has 0 aliphatic heterocycles. The Hall–Kier alpha value is -3.90. The predicted molar refractivity (Wildman–Crippen MR) is 127 cm³/mol. The number of aromatic amines is 1. The van der Waals surface area contributed by atoms with Gasteiger partial charge in [-0.15, -0.1) is 0 Å². The van der Waals surface area contributed by atoms with Gasteiger partial charge in [0.25, 0.3) is 5.56 Å². The lowest BCUT2D eigenvalue weighted by atomic mass is 9.90. The van der Waals surface area contributed by atoms with Crippen LogP contribution in [-0.4, -0.2) is 22.8 Å². The number of para-hydroxylation sites is 1. The second-order valence-corrected chi connectivity index (χ2v) is 7.43. The quantitative estimate of drug-likeness (QED) is 0.243. The molecule has 0 radical (unpaired) electrons.